The van der Waals surface area contributed by atoms with E-state index < -0.39 is 0 Å². The number of halogens is 1. The lowest BCUT2D eigenvalue weighted by molar-refractivity contribution is -0.135. The maximum Gasteiger partial charge on any atom is 0.338 e. The van der Waals surface area contributed by atoms with Gasteiger partial charge in [0.1, 0.15) is 0 Å². The molecule has 0 fully saturated rings. The fraction of sp³-hybridized carbons (Fsp3) is 0.222. The van der Waals surface area contributed by atoms with Crippen molar-refractivity contribution >= 4 is 21.9 Å². The Morgan fingerprint density at radius 1 is 1.75 bits per heavy atom. The SMILES string of the molecule is COC(=O)C1=CC=CCC1=CBr. The van der Waals surface area contributed by atoms with Crippen molar-refractivity contribution in [3.63, 3.8) is 0 Å². The van der Waals surface area contributed by atoms with Crippen molar-refractivity contribution in [2.24, 2.45) is 0 Å². The fourth-order valence-electron chi connectivity index (χ4n) is 0.989. The standard InChI is InChI=1S/C9H9BrO2/c1-12-9(11)8-5-3-2-4-7(8)6-10/h2-3,5-6H,4H2,1H3. The zero-order chi connectivity index (χ0) is 8.97. The second-order valence-electron chi connectivity index (χ2n) is 2.34. The molecule has 0 bridgehead atoms. The number of hydrogen-bond acceptors (Lipinski definition) is 2. The first kappa shape index (κ1) is 9.26. The highest BCUT2D eigenvalue weighted by Crippen LogP contribution is 2.21. The highest BCUT2D eigenvalue weighted by Gasteiger charge is 2.14. The van der Waals surface area contributed by atoms with Crippen molar-refractivity contribution in [2.45, 2.75) is 6.42 Å². The Balaban J connectivity index is 2.91. The Kier molecular flexibility index (Phi) is 3.29. The molecule has 0 aliphatic heterocycles. The van der Waals surface area contributed by atoms with Crippen molar-refractivity contribution in [3.8, 4) is 0 Å². The van der Waals surface area contributed by atoms with Crippen LogP contribution in [-0.4, -0.2) is 13.1 Å². The molecule has 0 aromatic rings. The van der Waals surface area contributed by atoms with Gasteiger partial charge in [0.15, 0.2) is 0 Å². The van der Waals surface area contributed by atoms with Crippen molar-refractivity contribution in [3.05, 3.63) is 34.4 Å². The third-order valence-electron chi connectivity index (χ3n) is 1.62. The van der Waals surface area contributed by atoms with E-state index in [2.05, 4.69) is 20.7 Å². The average molecular weight is 229 g/mol. The molecule has 1 rings (SSSR count). The van der Waals surface area contributed by atoms with Crippen LogP contribution in [0.1, 0.15) is 6.42 Å². The van der Waals surface area contributed by atoms with Crippen molar-refractivity contribution in [1.82, 2.24) is 0 Å². The lowest BCUT2D eigenvalue weighted by Gasteiger charge is -2.09. The Morgan fingerprint density at radius 3 is 3.08 bits per heavy atom. The third kappa shape index (κ3) is 1.85. The molecule has 64 valence electrons. The normalized spacial score (nSPS) is 19.2. The van der Waals surface area contributed by atoms with Gasteiger partial charge >= 0.3 is 5.97 Å². The van der Waals surface area contributed by atoms with Crippen LogP contribution in [0, 0.1) is 0 Å². The van der Waals surface area contributed by atoms with Gasteiger partial charge in [-0.1, -0.05) is 28.1 Å². The summed E-state index contributed by atoms with van der Waals surface area (Å²) in [6, 6.07) is 0. The molecule has 0 amide bonds. The Hall–Kier alpha value is -0.830. The number of esters is 1. The first-order valence-electron chi connectivity index (χ1n) is 3.54. The second kappa shape index (κ2) is 4.26. The molecular formula is C9H9BrO2. The molecule has 0 heterocycles. The van der Waals surface area contributed by atoms with E-state index in [1.807, 2.05) is 12.2 Å². The van der Waals surface area contributed by atoms with Gasteiger partial charge in [0, 0.05) is 0 Å². The summed E-state index contributed by atoms with van der Waals surface area (Å²) in [5.41, 5.74) is 1.57. The summed E-state index contributed by atoms with van der Waals surface area (Å²) in [7, 11) is 1.38. The van der Waals surface area contributed by atoms with Crippen LogP contribution in [-0.2, 0) is 9.53 Å². The van der Waals surface area contributed by atoms with Gasteiger partial charge in [-0.25, -0.2) is 4.79 Å². The van der Waals surface area contributed by atoms with Gasteiger partial charge in [0.25, 0.3) is 0 Å². The molecule has 0 saturated heterocycles. The van der Waals surface area contributed by atoms with Crippen LogP contribution in [0.3, 0.4) is 0 Å². The summed E-state index contributed by atoms with van der Waals surface area (Å²) in [6.45, 7) is 0. The van der Waals surface area contributed by atoms with E-state index in [0.717, 1.165) is 12.0 Å². The number of hydrogen-bond donors (Lipinski definition) is 0. The quantitative estimate of drug-likeness (QED) is 0.645. The van der Waals surface area contributed by atoms with Crippen LogP contribution < -0.4 is 0 Å². The number of rotatable bonds is 1. The highest BCUT2D eigenvalue weighted by molar-refractivity contribution is 9.11. The second-order valence-corrected chi connectivity index (χ2v) is 2.80. The van der Waals surface area contributed by atoms with Crippen LogP contribution in [0.5, 0.6) is 0 Å². The molecule has 0 atom stereocenters. The first-order valence-corrected chi connectivity index (χ1v) is 4.46. The average Bonchev–Trinajstić information content (AvgIpc) is 2.16. The van der Waals surface area contributed by atoms with Gasteiger partial charge in [-0.2, -0.15) is 0 Å². The fourth-order valence-corrected chi connectivity index (χ4v) is 1.42. The number of carbonyl (C=O) groups excluding carboxylic acids is 1. The van der Waals surface area contributed by atoms with Crippen molar-refractivity contribution < 1.29 is 9.53 Å². The summed E-state index contributed by atoms with van der Waals surface area (Å²) in [4.78, 5) is 12.9. The van der Waals surface area contributed by atoms with Crippen molar-refractivity contribution in [1.29, 1.82) is 0 Å². The molecule has 1 aliphatic carbocycles. The predicted octanol–water partition coefficient (Wildman–Crippen LogP) is 2.32. The summed E-state index contributed by atoms with van der Waals surface area (Å²) >= 11 is 3.20. The summed E-state index contributed by atoms with van der Waals surface area (Å²) in [5, 5.41) is 0. The van der Waals surface area contributed by atoms with Gasteiger partial charge in [-0.3, -0.25) is 0 Å². The number of ether oxygens (including phenoxy) is 1. The Bertz CT molecular complexity index is 274. The zero-order valence-corrected chi connectivity index (χ0v) is 8.30. The smallest absolute Gasteiger partial charge is 0.338 e. The van der Waals surface area contributed by atoms with Gasteiger partial charge < -0.3 is 4.74 Å². The molecule has 1 aliphatic rings. The van der Waals surface area contributed by atoms with E-state index in [9.17, 15) is 4.79 Å². The van der Waals surface area contributed by atoms with Crippen LogP contribution in [0.4, 0.5) is 0 Å². The number of methoxy groups -OCH3 is 1. The molecule has 0 spiro atoms. The molecule has 0 aromatic heterocycles. The number of carbonyl (C=O) groups is 1. The largest absolute Gasteiger partial charge is 0.465 e. The third-order valence-corrected chi connectivity index (χ3v) is 2.17. The summed E-state index contributed by atoms with van der Waals surface area (Å²) < 4.78 is 4.62. The molecule has 12 heavy (non-hydrogen) atoms. The van der Waals surface area contributed by atoms with Gasteiger partial charge in [0.2, 0.25) is 0 Å². The monoisotopic (exact) mass is 228 g/mol. The molecule has 0 saturated carbocycles. The van der Waals surface area contributed by atoms with E-state index in [0.29, 0.717) is 5.57 Å². The molecule has 3 heteroatoms. The Morgan fingerprint density at radius 2 is 2.50 bits per heavy atom. The van der Waals surface area contributed by atoms with E-state index in [1.165, 1.54) is 7.11 Å². The van der Waals surface area contributed by atoms with Crippen molar-refractivity contribution in [2.75, 3.05) is 7.11 Å². The van der Waals surface area contributed by atoms with Gasteiger partial charge in [-0.05, 0) is 23.1 Å². The van der Waals surface area contributed by atoms with Crippen LogP contribution in [0.2, 0.25) is 0 Å². The van der Waals surface area contributed by atoms with E-state index in [4.69, 9.17) is 0 Å². The minimum atomic E-state index is -0.287. The Labute approximate surface area is 79.7 Å². The molecule has 0 radical (unpaired) electrons. The first-order chi connectivity index (χ1) is 5.79. The van der Waals surface area contributed by atoms with Crippen LogP contribution in [0.15, 0.2) is 34.4 Å². The summed E-state index contributed by atoms with van der Waals surface area (Å²) in [6.07, 6.45) is 6.36. The number of allylic oxidation sites excluding steroid dienone is 3. The zero-order valence-electron chi connectivity index (χ0n) is 6.71. The molecular weight excluding hydrogens is 220 g/mol. The topological polar surface area (TPSA) is 26.3 Å². The van der Waals surface area contributed by atoms with Gasteiger partial charge in [-0.15, -0.1) is 0 Å². The van der Waals surface area contributed by atoms with Gasteiger partial charge in [0.05, 0.1) is 12.7 Å². The molecule has 0 N–H and O–H groups in total. The van der Waals surface area contributed by atoms with E-state index >= 15 is 0 Å². The molecule has 0 unspecified atom stereocenters. The maximum absolute atomic E-state index is 11.2. The highest BCUT2D eigenvalue weighted by atomic mass is 79.9. The molecule has 0 aromatic carbocycles. The van der Waals surface area contributed by atoms with E-state index in [1.54, 1.807) is 11.1 Å². The van der Waals surface area contributed by atoms with Crippen LogP contribution in [0.25, 0.3) is 0 Å². The summed E-state index contributed by atoms with van der Waals surface area (Å²) in [5.74, 6) is -0.287. The lowest BCUT2D eigenvalue weighted by Crippen LogP contribution is -2.08. The minimum absolute atomic E-state index is 0.287. The molecule has 2 nitrogen and oxygen atoms in total. The predicted molar refractivity (Wildman–Crippen MR) is 50.9 cm³/mol. The minimum Gasteiger partial charge on any atom is -0.465 e. The maximum atomic E-state index is 11.2. The van der Waals surface area contributed by atoms with Crippen LogP contribution >= 0.6 is 15.9 Å². The lowest BCUT2D eigenvalue weighted by atomic mass is 10.0. The van der Waals surface area contributed by atoms with E-state index in [-0.39, 0.29) is 5.97 Å².